The van der Waals surface area contributed by atoms with Crippen LogP contribution in [-0.4, -0.2) is 82.9 Å². The molecule has 238 valence electrons. The average molecular weight is 621 g/mol. The second kappa shape index (κ2) is 18.7. The molecule has 0 bridgehead atoms. The first kappa shape index (κ1) is 39.5. The molecule has 0 spiro atoms. The van der Waals surface area contributed by atoms with Gasteiger partial charge in [0.15, 0.2) is 12.0 Å². The minimum atomic E-state index is -5.19. The molecule has 1 aromatic rings. The maximum absolute atomic E-state index is 12.2. The molecule has 0 saturated heterocycles. The summed E-state index contributed by atoms with van der Waals surface area (Å²) < 4.78 is 63.3. The van der Waals surface area contributed by atoms with Gasteiger partial charge in [-0.15, -0.1) is 0 Å². The van der Waals surface area contributed by atoms with E-state index in [0.717, 1.165) is 5.56 Å². The number of carboxylic acid groups (broad SMARTS) is 3. The number of rotatable bonds is 11. The molecule has 0 saturated carbocycles. The Hall–Kier alpha value is -4.62. The number of aliphatic imine (C=N–C) groups is 1. The van der Waals surface area contributed by atoms with Crippen LogP contribution in [0.25, 0.3) is 0 Å². The van der Waals surface area contributed by atoms with Gasteiger partial charge in [-0.3, -0.25) is 14.6 Å². The lowest BCUT2D eigenvalue weighted by molar-refractivity contribution is -0.403. The molecule has 0 aliphatic rings. The van der Waals surface area contributed by atoms with Gasteiger partial charge in [-0.2, -0.15) is 26.3 Å². The van der Waals surface area contributed by atoms with E-state index in [-0.39, 0.29) is 24.8 Å². The van der Waals surface area contributed by atoms with E-state index in [9.17, 15) is 45.8 Å². The lowest BCUT2D eigenvalue weighted by Gasteiger charge is -2.19. The van der Waals surface area contributed by atoms with Crippen LogP contribution in [0.4, 0.5) is 26.3 Å². The van der Waals surface area contributed by atoms with Crippen molar-refractivity contribution >= 4 is 35.7 Å². The lowest BCUT2D eigenvalue weighted by Crippen LogP contribution is -2.69. The molecule has 0 heterocycles. The number of nitrogens with one attached hydrogen (secondary N) is 2. The monoisotopic (exact) mass is 620 g/mol. The Balaban J connectivity index is 0. The zero-order valence-corrected chi connectivity index (χ0v) is 21.9. The van der Waals surface area contributed by atoms with Crippen LogP contribution >= 0.6 is 0 Å². The Bertz CT molecular complexity index is 1040. The number of nitrogens with zero attached hydrogens (tertiary/aromatic N) is 1. The van der Waals surface area contributed by atoms with Gasteiger partial charge < -0.3 is 47.9 Å². The molecule has 0 fully saturated rings. The van der Waals surface area contributed by atoms with Crippen LogP contribution in [0.3, 0.4) is 0 Å². The van der Waals surface area contributed by atoms with Crippen LogP contribution < -0.4 is 32.9 Å². The first-order chi connectivity index (χ1) is 19.1. The molecule has 20 heteroatoms. The molecule has 1 rings (SSSR count). The minimum absolute atomic E-state index is 0.0783. The predicted molar refractivity (Wildman–Crippen MR) is 129 cm³/mol. The summed E-state index contributed by atoms with van der Waals surface area (Å²) in [6.07, 6.45) is -9.30. The summed E-state index contributed by atoms with van der Waals surface area (Å²) in [5, 5.41) is 30.1. The third-order valence-electron chi connectivity index (χ3n) is 4.48. The largest absolute Gasteiger partial charge is 0.542 e. The average Bonchev–Trinajstić information content (AvgIpc) is 2.85. The first-order valence-corrected chi connectivity index (χ1v) is 11.4. The van der Waals surface area contributed by atoms with E-state index in [1.165, 1.54) is 6.92 Å². The first-order valence-electron chi connectivity index (χ1n) is 11.4. The van der Waals surface area contributed by atoms with Gasteiger partial charge in [-0.05, 0) is 25.3 Å². The Kier molecular flexibility index (Phi) is 17.6. The van der Waals surface area contributed by atoms with Gasteiger partial charge in [0.05, 0.1) is 0 Å². The molecule has 1 aromatic carbocycles. The number of quaternary nitrogens is 1. The van der Waals surface area contributed by atoms with E-state index >= 15 is 0 Å². The van der Waals surface area contributed by atoms with Crippen molar-refractivity contribution in [1.29, 1.82) is 0 Å². The van der Waals surface area contributed by atoms with Crippen molar-refractivity contribution in [3.63, 3.8) is 0 Å². The van der Waals surface area contributed by atoms with Gasteiger partial charge in [-0.1, -0.05) is 30.3 Å². The van der Waals surface area contributed by atoms with E-state index in [0.29, 0.717) is 12.8 Å². The summed E-state index contributed by atoms with van der Waals surface area (Å²) in [5.41, 5.74) is 15.2. The fourth-order valence-corrected chi connectivity index (χ4v) is 2.45. The standard InChI is InChI=1S/C18H28N6O4.2C2HF3O2/c1-11(23-16(26)13(19)10-12-6-3-2-4-7-12)15(25)24-14(17(27)28)8-5-9-22-18(20)21;2*3-2(4,5)1(6)7/h2-4,6-7,11,13-14H,5,8-10,19H2,1H3,(H,23,26)(H,24,25)(H,27,28)(H4,20,21,22);2*(H,6,7)/t11-,13-,14-;;/m1../s1. The number of carbonyl (C=O) groups excluding carboxylic acids is 3. The summed E-state index contributed by atoms with van der Waals surface area (Å²) in [4.78, 5) is 57.3. The van der Waals surface area contributed by atoms with Gasteiger partial charge in [0.25, 0.3) is 5.91 Å². The van der Waals surface area contributed by atoms with Gasteiger partial charge in [0.1, 0.15) is 18.1 Å². The van der Waals surface area contributed by atoms with Crippen molar-refractivity contribution in [2.45, 2.75) is 56.7 Å². The Labute approximate surface area is 233 Å². The third-order valence-corrected chi connectivity index (χ3v) is 4.48. The second-order valence-electron chi connectivity index (χ2n) is 8.05. The number of alkyl halides is 6. The minimum Gasteiger partial charge on any atom is -0.542 e. The Morgan fingerprint density at radius 2 is 1.43 bits per heavy atom. The molecule has 0 aliphatic heterocycles. The SMILES string of the molecule is C[C@@H](NC(=O)[C@H]([NH3+])Cc1ccccc1)C(=O)N[C@H](CCCN=C(N)N)C(=O)O.O=C(O)C(F)(F)F.O=C([O-])C(F)(F)F. The van der Waals surface area contributed by atoms with Crippen molar-refractivity contribution in [3.05, 3.63) is 35.9 Å². The Morgan fingerprint density at radius 1 is 0.952 bits per heavy atom. The van der Waals surface area contributed by atoms with Gasteiger partial charge in [0.2, 0.25) is 5.91 Å². The van der Waals surface area contributed by atoms with Crippen LogP contribution in [0.2, 0.25) is 0 Å². The highest BCUT2D eigenvalue weighted by Crippen LogP contribution is 2.13. The summed E-state index contributed by atoms with van der Waals surface area (Å²) in [7, 11) is 0. The summed E-state index contributed by atoms with van der Waals surface area (Å²) in [6.45, 7) is 1.75. The number of carbonyl (C=O) groups is 5. The summed E-state index contributed by atoms with van der Waals surface area (Å²) in [5.74, 6) is -7.98. The topological polar surface area (TPSA) is 265 Å². The molecule has 0 aromatic heterocycles. The second-order valence-corrected chi connectivity index (χ2v) is 8.05. The smallest absolute Gasteiger partial charge is 0.490 e. The van der Waals surface area contributed by atoms with Crippen molar-refractivity contribution in [3.8, 4) is 0 Å². The number of halogens is 6. The molecular weight excluding hydrogens is 590 g/mol. The molecule has 3 atom stereocenters. The van der Waals surface area contributed by atoms with Gasteiger partial charge >= 0.3 is 24.3 Å². The molecule has 2 amide bonds. The van der Waals surface area contributed by atoms with Crippen LogP contribution in [0.5, 0.6) is 0 Å². The fraction of sp³-hybridized carbons (Fsp3) is 0.455. The zero-order chi connectivity index (χ0) is 33.3. The third kappa shape index (κ3) is 19.4. The van der Waals surface area contributed by atoms with Crippen LogP contribution in [0, 0.1) is 0 Å². The van der Waals surface area contributed by atoms with Crippen LogP contribution in [-0.2, 0) is 30.4 Å². The lowest BCUT2D eigenvalue weighted by atomic mass is 10.1. The highest BCUT2D eigenvalue weighted by atomic mass is 19.4. The zero-order valence-electron chi connectivity index (χ0n) is 21.9. The summed E-state index contributed by atoms with van der Waals surface area (Å²) in [6, 6.07) is 6.83. The molecule has 11 N–H and O–H groups in total. The van der Waals surface area contributed by atoms with E-state index in [1.807, 2.05) is 30.3 Å². The highest BCUT2D eigenvalue weighted by molar-refractivity contribution is 5.91. The number of hydrogen-bond acceptors (Lipinski definition) is 7. The van der Waals surface area contributed by atoms with Gasteiger partial charge in [0, 0.05) is 13.0 Å². The normalized spacial score (nSPS) is 12.9. The predicted octanol–water partition coefficient (Wildman–Crippen LogP) is -2.10. The number of nitrogens with two attached hydrogens (primary N) is 2. The maximum atomic E-state index is 12.2. The fourth-order valence-electron chi connectivity index (χ4n) is 2.45. The van der Waals surface area contributed by atoms with E-state index in [4.69, 9.17) is 31.3 Å². The maximum Gasteiger partial charge on any atom is 0.490 e. The van der Waals surface area contributed by atoms with E-state index in [1.54, 1.807) is 0 Å². The number of benzene rings is 1. The number of guanidine groups is 1. The van der Waals surface area contributed by atoms with Gasteiger partial charge in [-0.25, -0.2) is 9.59 Å². The van der Waals surface area contributed by atoms with E-state index < -0.39 is 54.3 Å². The van der Waals surface area contributed by atoms with Crippen molar-refractivity contribution < 1.29 is 71.4 Å². The molecular formula is C22H30F6N6O8. The molecule has 0 unspecified atom stereocenters. The summed E-state index contributed by atoms with van der Waals surface area (Å²) >= 11 is 0. The van der Waals surface area contributed by atoms with Crippen LogP contribution in [0.15, 0.2) is 35.3 Å². The Morgan fingerprint density at radius 3 is 1.81 bits per heavy atom. The molecule has 14 nitrogen and oxygen atoms in total. The molecule has 0 radical (unpaired) electrons. The van der Waals surface area contributed by atoms with Crippen molar-refractivity contribution in [2.24, 2.45) is 16.5 Å². The highest BCUT2D eigenvalue weighted by Gasteiger charge is 2.38. The molecule has 42 heavy (non-hydrogen) atoms. The number of aliphatic carboxylic acids is 3. The quantitative estimate of drug-likeness (QED) is 0.0613. The number of amides is 2. The van der Waals surface area contributed by atoms with Crippen molar-refractivity contribution in [1.82, 2.24) is 10.6 Å². The van der Waals surface area contributed by atoms with Crippen molar-refractivity contribution in [2.75, 3.05) is 6.54 Å². The molecule has 0 aliphatic carbocycles. The number of carboxylic acids is 3. The van der Waals surface area contributed by atoms with E-state index in [2.05, 4.69) is 21.4 Å². The van der Waals surface area contributed by atoms with Crippen LogP contribution in [0.1, 0.15) is 25.3 Å². The number of hydrogen-bond donors (Lipinski definition) is 7.